The summed E-state index contributed by atoms with van der Waals surface area (Å²) in [7, 11) is 0. The molecule has 8 aromatic carbocycles. The molecule has 55 heavy (non-hydrogen) atoms. The van der Waals surface area contributed by atoms with Crippen molar-refractivity contribution in [3.05, 3.63) is 182 Å². The van der Waals surface area contributed by atoms with Crippen molar-refractivity contribution < 1.29 is 0 Å². The van der Waals surface area contributed by atoms with Crippen LogP contribution in [0.3, 0.4) is 0 Å². The monoisotopic (exact) mass is 738 g/mol. The van der Waals surface area contributed by atoms with Crippen LogP contribution in [0.2, 0.25) is 0 Å². The van der Waals surface area contributed by atoms with Gasteiger partial charge in [-0.2, -0.15) is 0 Å². The first-order valence-electron chi connectivity index (χ1n) is 18.3. The Morgan fingerprint density at radius 1 is 0.364 bits per heavy atom. The van der Waals surface area contributed by atoms with Crippen LogP contribution in [-0.4, -0.2) is 19.5 Å². The minimum absolute atomic E-state index is 0.640. The summed E-state index contributed by atoms with van der Waals surface area (Å²) >= 11 is 3.78. The fraction of sp³-hybridized carbons (Fsp3) is 0. The SMILES string of the molecule is c1ccc(-c2nc(-c3ccccc3)nc(-c3cccc(-c4cccc(-n5c6ccccc6c6c7ccccc7c7c(c65)Sc5ccccc5S7)c4)c3)n2)cc1. The highest BCUT2D eigenvalue weighted by Crippen LogP contribution is 2.55. The summed E-state index contributed by atoms with van der Waals surface area (Å²) < 4.78 is 2.48. The van der Waals surface area contributed by atoms with Gasteiger partial charge < -0.3 is 4.57 Å². The molecule has 0 amide bonds. The van der Waals surface area contributed by atoms with Gasteiger partial charge in [-0.25, -0.2) is 15.0 Å². The number of hydrogen-bond acceptors (Lipinski definition) is 5. The molecule has 6 heteroatoms. The van der Waals surface area contributed by atoms with E-state index < -0.39 is 0 Å². The van der Waals surface area contributed by atoms with Crippen LogP contribution in [0.1, 0.15) is 0 Å². The first-order chi connectivity index (χ1) is 27.3. The van der Waals surface area contributed by atoms with Crippen LogP contribution in [0.15, 0.2) is 202 Å². The maximum absolute atomic E-state index is 5.01. The van der Waals surface area contributed by atoms with Gasteiger partial charge in [-0.1, -0.05) is 169 Å². The van der Waals surface area contributed by atoms with Crippen LogP contribution in [0.5, 0.6) is 0 Å². The number of benzene rings is 8. The average Bonchev–Trinajstić information content (AvgIpc) is 3.62. The van der Waals surface area contributed by atoms with Crippen LogP contribution < -0.4 is 0 Å². The molecule has 0 radical (unpaired) electrons. The molecule has 0 fully saturated rings. The molecule has 1 aliphatic rings. The standard InChI is InChI=1S/C49H30N4S2/c1-3-15-31(16-4-1)47-50-48(32-17-5-2-6-18-32)52-49(51-47)35-21-13-19-33(29-35)34-20-14-22-36(30-34)53-40-26-10-9-25-39(40)43-37-23-7-8-24-38(37)45-46(44(43)53)55-42-28-12-11-27-41(42)54-45/h1-30H. The predicted octanol–water partition coefficient (Wildman–Crippen LogP) is 13.4. The molecule has 0 aliphatic carbocycles. The molecular weight excluding hydrogens is 709 g/mol. The molecule has 3 heterocycles. The van der Waals surface area contributed by atoms with Crippen LogP contribution in [0.25, 0.3) is 83.6 Å². The van der Waals surface area contributed by atoms with Gasteiger partial charge in [0.05, 0.1) is 15.9 Å². The Kier molecular flexibility index (Phi) is 7.64. The fourth-order valence-electron chi connectivity index (χ4n) is 7.76. The van der Waals surface area contributed by atoms with Crippen molar-refractivity contribution in [3.63, 3.8) is 0 Å². The van der Waals surface area contributed by atoms with Crippen molar-refractivity contribution in [1.82, 2.24) is 19.5 Å². The number of fused-ring (bicyclic) bond motifs is 9. The molecule has 10 aromatic rings. The normalized spacial score (nSPS) is 12.2. The Morgan fingerprint density at radius 2 is 0.855 bits per heavy atom. The second-order valence-electron chi connectivity index (χ2n) is 13.6. The third kappa shape index (κ3) is 5.44. The number of para-hydroxylation sites is 1. The third-order valence-electron chi connectivity index (χ3n) is 10.3. The summed E-state index contributed by atoms with van der Waals surface area (Å²) in [6.45, 7) is 0. The summed E-state index contributed by atoms with van der Waals surface area (Å²) in [6, 6.07) is 64.2. The van der Waals surface area contributed by atoms with E-state index in [0.29, 0.717) is 17.5 Å². The topological polar surface area (TPSA) is 43.6 Å². The Balaban J connectivity index is 1.09. The lowest BCUT2D eigenvalue weighted by atomic mass is 10.0. The molecule has 1 aliphatic heterocycles. The predicted molar refractivity (Wildman–Crippen MR) is 228 cm³/mol. The highest BCUT2D eigenvalue weighted by molar-refractivity contribution is 8.05. The highest BCUT2D eigenvalue weighted by atomic mass is 32.2. The van der Waals surface area contributed by atoms with Gasteiger partial charge in [-0.3, -0.25) is 0 Å². The second kappa shape index (κ2) is 13.1. The molecule has 0 unspecified atom stereocenters. The summed E-state index contributed by atoms with van der Waals surface area (Å²) in [5.74, 6) is 1.94. The lowest BCUT2D eigenvalue weighted by Crippen LogP contribution is -2.00. The lowest BCUT2D eigenvalue weighted by molar-refractivity contribution is 1.07. The van der Waals surface area contributed by atoms with Gasteiger partial charge in [-0.05, 0) is 58.3 Å². The molecule has 0 atom stereocenters. The minimum atomic E-state index is 0.640. The molecule has 2 aromatic heterocycles. The van der Waals surface area contributed by atoms with Crippen LogP contribution in [0, 0.1) is 0 Å². The Bertz CT molecular complexity index is 3040. The molecular formula is C49H30N4S2. The Morgan fingerprint density at radius 3 is 1.55 bits per heavy atom. The zero-order valence-electron chi connectivity index (χ0n) is 29.4. The third-order valence-corrected chi connectivity index (χ3v) is 12.9. The largest absolute Gasteiger partial charge is 0.308 e. The maximum Gasteiger partial charge on any atom is 0.164 e. The van der Waals surface area contributed by atoms with Crippen molar-refractivity contribution in [2.75, 3.05) is 0 Å². The first-order valence-corrected chi connectivity index (χ1v) is 19.9. The van der Waals surface area contributed by atoms with Crippen molar-refractivity contribution in [3.8, 4) is 51.0 Å². The zero-order valence-corrected chi connectivity index (χ0v) is 31.1. The van der Waals surface area contributed by atoms with Crippen molar-refractivity contribution in [2.45, 2.75) is 19.6 Å². The molecule has 0 saturated heterocycles. The Hall–Kier alpha value is -6.47. The minimum Gasteiger partial charge on any atom is -0.308 e. The molecule has 4 nitrogen and oxygen atoms in total. The molecule has 0 N–H and O–H groups in total. The van der Waals surface area contributed by atoms with E-state index >= 15 is 0 Å². The quantitative estimate of drug-likeness (QED) is 0.176. The maximum atomic E-state index is 5.01. The summed E-state index contributed by atoms with van der Waals surface area (Å²) in [6.07, 6.45) is 0. The van der Waals surface area contributed by atoms with Gasteiger partial charge in [0.1, 0.15) is 0 Å². The van der Waals surface area contributed by atoms with Gasteiger partial charge >= 0.3 is 0 Å². The molecule has 258 valence electrons. The molecule has 0 bridgehead atoms. The number of hydrogen-bond donors (Lipinski definition) is 0. The van der Waals surface area contributed by atoms with Crippen LogP contribution >= 0.6 is 23.5 Å². The van der Waals surface area contributed by atoms with Gasteiger partial charge in [0.2, 0.25) is 0 Å². The van der Waals surface area contributed by atoms with Gasteiger partial charge in [0.15, 0.2) is 17.5 Å². The zero-order chi connectivity index (χ0) is 36.3. The van der Waals surface area contributed by atoms with E-state index in [1.54, 1.807) is 0 Å². The summed E-state index contributed by atoms with van der Waals surface area (Å²) in [5, 5.41) is 5.13. The summed E-state index contributed by atoms with van der Waals surface area (Å²) in [4.78, 5) is 20.2. The van der Waals surface area contributed by atoms with Gasteiger partial charge in [0.25, 0.3) is 0 Å². The molecule has 0 spiro atoms. The first kappa shape index (κ1) is 32.0. The lowest BCUT2D eigenvalue weighted by Gasteiger charge is -2.22. The number of rotatable bonds is 5. The van der Waals surface area contributed by atoms with Gasteiger partial charge in [0, 0.05) is 47.8 Å². The second-order valence-corrected chi connectivity index (χ2v) is 15.7. The van der Waals surface area contributed by atoms with Crippen LogP contribution in [0.4, 0.5) is 0 Å². The van der Waals surface area contributed by atoms with E-state index in [1.807, 2.05) is 84.2 Å². The molecule has 11 rings (SSSR count). The van der Waals surface area contributed by atoms with Gasteiger partial charge in [-0.15, -0.1) is 0 Å². The summed E-state index contributed by atoms with van der Waals surface area (Å²) in [5.41, 5.74) is 8.61. The van der Waals surface area contributed by atoms with E-state index in [1.165, 1.54) is 52.2 Å². The average molecular weight is 739 g/mol. The van der Waals surface area contributed by atoms with E-state index in [0.717, 1.165) is 33.5 Å². The van der Waals surface area contributed by atoms with E-state index in [9.17, 15) is 0 Å². The smallest absolute Gasteiger partial charge is 0.164 e. The van der Waals surface area contributed by atoms with E-state index in [2.05, 4.69) is 126 Å². The fourth-order valence-corrected chi connectivity index (χ4v) is 10.3. The Labute approximate surface area is 326 Å². The van der Waals surface area contributed by atoms with Crippen molar-refractivity contribution >= 4 is 56.1 Å². The van der Waals surface area contributed by atoms with Crippen molar-refractivity contribution in [2.24, 2.45) is 0 Å². The molecule has 0 saturated carbocycles. The van der Waals surface area contributed by atoms with Crippen LogP contribution in [-0.2, 0) is 0 Å². The van der Waals surface area contributed by atoms with E-state index in [-0.39, 0.29) is 0 Å². The number of nitrogens with zero attached hydrogens (tertiary/aromatic N) is 4. The number of aromatic nitrogens is 4. The van der Waals surface area contributed by atoms with E-state index in [4.69, 9.17) is 15.0 Å². The highest BCUT2D eigenvalue weighted by Gasteiger charge is 2.27. The van der Waals surface area contributed by atoms with Crippen molar-refractivity contribution in [1.29, 1.82) is 0 Å².